The molecule has 1 heterocycles. The third-order valence-electron chi connectivity index (χ3n) is 5.10. The molecule has 2 aliphatic rings. The summed E-state index contributed by atoms with van der Waals surface area (Å²) in [5.41, 5.74) is 1.26. The lowest BCUT2D eigenvalue weighted by Crippen LogP contribution is -3.18. The SMILES string of the molecule is COc1ccccc1N1CC[NH+]([C@@H]2CC[C@H](C)C2)CC1. The standard InChI is InChI=1S/C17H26N2O/c1-14-7-8-15(13-14)18-9-11-19(12-10-18)16-5-3-4-6-17(16)20-2/h3-6,14-15H,7-13H2,1-2H3/p+1/t14-,15+/m0/s1. The van der Waals surface area contributed by atoms with Crippen molar-refractivity contribution in [3.63, 3.8) is 0 Å². The first-order valence-corrected chi connectivity index (χ1v) is 8.00. The minimum Gasteiger partial charge on any atom is -0.495 e. The van der Waals surface area contributed by atoms with Gasteiger partial charge in [-0.1, -0.05) is 19.1 Å². The Labute approximate surface area is 122 Å². The second kappa shape index (κ2) is 6.04. The average Bonchev–Trinajstić information content (AvgIpc) is 2.94. The number of benzene rings is 1. The summed E-state index contributed by atoms with van der Waals surface area (Å²) in [4.78, 5) is 4.32. The molecule has 0 bridgehead atoms. The van der Waals surface area contributed by atoms with Gasteiger partial charge in [0, 0.05) is 6.42 Å². The van der Waals surface area contributed by atoms with Crippen LogP contribution in [-0.2, 0) is 0 Å². The van der Waals surface area contributed by atoms with Crippen molar-refractivity contribution in [3.8, 4) is 5.75 Å². The minimum absolute atomic E-state index is 0.921. The van der Waals surface area contributed by atoms with Gasteiger partial charge in [-0.2, -0.15) is 0 Å². The van der Waals surface area contributed by atoms with Crippen molar-refractivity contribution in [2.24, 2.45) is 5.92 Å². The normalized spacial score (nSPS) is 27.8. The highest BCUT2D eigenvalue weighted by atomic mass is 16.5. The molecule has 1 N–H and O–H groups in total. The van der Waals surface area contributed by atoms with Crippen molar-refractivity contribution < 1.29 is 9.64 Å². The largest absolute Gasteiger partial charge is 0.495 e. The number of ether oxygens (including phenoxy) is 1. The molecule has 3 heteroatoms. The molecular formula is C17H27N2O+. The van der Waals surface area contributed by atoms with Crippen LogP contribution in [0.25, 0.3) is 0 Å². The van der Waals surface area contributed by atoms with E-state index >= 15 is 0 Å². The first kappa shape index (κ1) is 13.7. The molecule has 110 valence electrons. The Morgan fingerprint density at radius 3 is 2.55 bits per heavy atom. The number of nitrogens with one attached hydrogen (secondary N) is 1. The summed E-state index contributed by atoms with van der Waals surface area (Å²) in [6.45, 7) is 7.26. The predicted molar refractivity (Wildman–Crippen MR) is 82.7 cm³/mol. The summed E-state index contributed by atoms with van der Waals surface area (Å²) in [5, 5.41) is 0. The molecule has 1 aliphatic carbocycles. The quantitative estimate of drug-likeness (QED) is 0.902. The number of quaternary nitrogens is 1. The first-order valence-electron chi connectivity index (χ1n) is 8.00. The van der Waals surface area contributed by atoms with Crippen LogP contribution < -0.4 is 14.5 Å². The Bertz CT molecular complexity index is 440. The number of anilines is 1. The molecular weight excluding hydrogens is 248 g/mol. The molecule has 1 aromatic rings. The number of para-hydroxylation sites is 2. The van der Waals surface area contributed by atoms with E-state index in [1.807, 2.05) is 11.0 Å². The summed E-state index contributed by atoms with van der Waals surface area (Å²) >= 11 is 0. The van der Waals surface area contributed by atoms with Crippen LogP contribution in [0, 0.1) is 5.92 Å². The van der Waals surface area contributed by atoms with Crippen LogP contribution in [0.15, 0.2) is 24.3 Å². The maximum Gasteiger partial charge on any atom is 0.142 e. The van der Waals surface area contributed by atoms with Gasteiger partial charge in [0.25, 0.3) is 0 Å². The summed E-state index contributed by atoms with van der Waals surface area (Å²) in [5.74, 6) is 1.95. The van der Waals surface area contributed by atoms with Gasteiger partial charge >= 0.3 is 0 Å². The molecule has 0 aromatic heterocycles. The van der Waals surface area contributed by atoms with E-state index in [4.69, 9.17) is 4.74 Å². The van der Waals surface area contributed by atoms with E-state index in [1.165, 1.54) is 38.0 Å². The summed E-state index contributed by atoms with van der Waals surface area (Å²) in [7, 11) is 1.76. The van der Waals surface area contributed by atoms with Gasteiger partial charge in [-0.05, 0) is 30.9 Å². The fourth-order valence-electron chi connectivity index (χ4n) is 3.91. The lowest BCUT2D eigenvalue weighted by Gasteiger charge is -2.37. The lowest BCUT2D eigenvalue weighted by molar-refractivity contribution is -0.925. The van der Waals surface area contributed by atoms with Crippen LogP contribution in [0.1, 0.15) is 26.2 Å². The molecule has 3 nitrogen and oxygen atoms in total. The molecule has 20 heavy (non-hydrogen) atoms. The Hall–Kier alpha value is -1.22. The Morgan fingerprint density at radius 1 is 1.15 bits per heavy atom. The van der Waals surface area contributed by atoms with Gasteiger partial charge in [0.1, 0.15) is 5.75 Å². The van der Waals surface area contributed by atoms with Crippen LogP contribution in [0.5, 0.6) is 5.75 Å². The molecule has 0 spiro atoms. The Balaban J connectivity index is 1.61. The number of nitrogens with zero attached hydrogens (tertiary/aromatic N) is 1. The zero-order valence-corrected chi connectivity index (χ0v) is 12.8. The molecule has 1 aliphatic heterocycles. The van der Waals surface area contributed by atoms with Crippen molar-refractivity contribution in [3.05, 3.63) is 24.3 Å². The minimum atomic E-state index is 0.921. The third-order valence-corrected chi connectivity index (χ3v) is 5.10. The number of rotatable bonds is 3. The van der Waals surface area contributed by atoms with Gasteiger partial charge in [-0.25, -0.2) is 0 Å². The molecule has 2 atom stereocenters. The van der Waals surface area contributed by atoms with Gasteiger partial charge < -0.3 is 14.5 Å². The molecule has 2 fully saturated rings. The molecule has 1 saturated heterocycles. The zero-order valence-electron chi connectivity index (χ0n) is 12.8. The van der Waals surface area contributed by atoms with Crippen molar-refractivity contribution >= 4 is 5.69 Å². The number of hydrogen-bond donors (Lipinski definition) is 1. The van der Waals surface area contributed by atoms with Crippen LogP contribution in [0.2, 0.25) is 0 Å². The maximum absolute atomic E-state index is 5.49. The highest BCUT2D eigenvalue weighted by Crippen LogP contribution is 2.28. The maximum atomic E-state index is 5.49. The van der Waals surface area contributed by atoms with Gasteiger partial charge in [-0.3, -0.25) is 0 Å². The fourth-order valence-corrected chi connectivity index (χ4v) is 3.91. The van der Waals surface area contributed by atoms with Gasteiger partial charge in [0.15, 0.2) is 0 Å². The predicted octanol–water partition coefficient (Wildman–Crippen LogP) is 1.59. The zero-order chi connectivity index (χ0) is 13.9. The highest BCUT2D eigenvalue weighted by molar-refractivity contribution is 5.58. The van der Waals surface area contributed by atoms with Gasteiger partial charge in [-0.15, -0.1) is 0 Å². The fraction of sp³-hybridized carbons (Fsp3) is 0.647. The van der Waals surface area contributed by atoms with Gasteiger partial charge in [0.2, 0.25) is 0 Å². The molecule has 1 aromatic carbocycles. The van der Waals surface area contributed by atoms with Gasteiger partial charge in [0.05, 0.1) is 45.0 Å². The first-order chi connectivity index (χ1) is 9.78. The van der Waals surface area contributed by atoms with Crippen molar-refractivity contribution in [2.45, 2.75) is 32.2 Å². The highest BCUT2D eigenvalue weighted by Gasteiger charge is 2.32. The molecule has 0 radical (unpaired) electrons. The molecule has 3 rings (SSSR count). The van der Waals surface area contributed by atoms with Crippen LogP contribution >= 0.6 is 0 Å². The van der Waals surface area contributed by atoms with E-state index in [9.17, 15) is 0 Å². The Kier molecular flexibility index (Phi) is 4.16. The Morgan fingerprint density at radius 2 is 1.90 bits per heavy atom. The lowest BCUT2D eigenvalue weighted by atomic mass is 10.1. The number of hydrogen-bond acceptors (Lipinski definition) is 2. The van der Waals surface area contributed by atoms with E-state index < -0.39 is 0 Å². The molecule has 1 saturated carbocycles. The van der Waals surface area contributed by atoms with E-state index in [0.29, 0.717) is 0 Å². The third kappa shape index (κ3) is 2.78. The monoisotopic (exact) mass is 275 g/mol. The van der Waals surface area contributed by atoms with Crippen LogP contribution in [-0.4, -0.2) is 39.3 Å². The second-order valence-corrected chi connectivity index (χ2v) is 6.43. The topological polar surface area (TPSA) is 16.9 Å². The number of methoxy groups -OCH3 is 1. The van der Waals surface area contributed by atoms with E-state index in [2.05, 4.69) is 30.0 Å². The number of piperazine rings is 1. The van der Waals surface area contributed by atoms with Crippen LogP contribution in [0.3, 0.4) is 0 Å². The molecule has 0 unspecified atom stereocenters. The van der Waals surface area contributed by atoms with Crippen molar-refractivity contribution in [1.29, 1.82) is 0 Å². The van der Waals surface area contributed by atoms with Crippen molar-refractivity contribution in [1.82, 2.24) is 0 Å². The summed E-state index contributed by atoms with van der Waals surface area (Å²) < 4.78 is 5.49. The smallest absolute Gasteiger partial charge is 0.142 e. The molecule has 0 amide bonds. The van der Waals surface area contributed by atoms with E-state index in [-0.39, 0.29) is 0 Å². The summed E-state index contributed by atoms with van der Waals surface area (Å²) in [6, 6.07) is 9.32. The summed E-state index contributed by atoms with van der Waals surface area (Å²) in [6.07, 6.45) is 4.31. The van der Waals surface area contributed by atoms with E-state index in [0.717, 1.165) is 30.8 Å². The second-order valence-electron chi connectivity index (χ2n) is 6.43. The van der Waals surface area contributed by atoms with E-state index in [1.54, 1.807) is 7.11 Å². The van der Waals surface area contributed by atoms with Crippen LogP contribution in [0.4, 0.5) is 5.69 Å². The van der Waals surface area contributed by atoms with Crippen molar-refractivity contribution in [2.75, 3.05) is 38.2 Å². The average molecular weight is 275 g/mol.